The molecule has 0 aromatic carbocycles. The fourth-order valence-electron chi connectivity index (χ4n) is 7.70. The average molecular weight is 796 g/mol. The monoisotopic (exact) mass is 796 g/mol. The van der Waals surface area contributed by atoms with Gasteiger partial charge < -0.3 is 10.1 Å². The van der Waals surface area contributed by atoms with Crippen molar-refractivity contribution < 1.29 is 9.53 Å². The van der Waals surface area contributed by atoms with E-state index in [0.717, 1.165) is 18.6 Å². The summed E-state index contributed by atoms with van der Waals surface area (Å²) in [6, 6.07) is 0. The van der Waals surface area contributed by atoms with Gasteiger partial charge in [-0.1, -0.05) is 245 Å². The molecule has 0 heterocycles. The molecule has 1 atom stereocenters. The van der Waals surface area contributed by atoms with Crippen molar-refractivity contribution in [2.45, 2.75) is 284 Å². The molecule has 0 aromatic heterocycles. The lowest BCUT2D eigenvalue weighted by Crippen LogP contribution is -2.33. The van der Waals surface area contributed by atoms with E-state index < -0.39 is 0 Å². The zero-order valence-electron chi connectivity index (χ0n) is 37.1. The molecule has 3 nitrogen and oxygen atoms in total. The quantitative estimate of drug-likeness (QED) is 0.0492. The first-order chi connectivity index (χ1) is 26.6. The number of hydrogen-bond acceptors (Lipinski definition) is 4. The molecule has 1 unspecified atom stereocenters. The van der Waals surface area contributed by atoms with Crippen molar-refractivity contribution in [1.29, 1.82) is 0 Å². The first kappa shape index (κ1) is 53.7. The summed E-state index contributed by atoms with van der Waals surface area (Å²) in [7, 11) is 0. The van der Waals surface area contributed by atoms with Crippen LogP contribution in [0.2, 0.25) is 0 Å². The van der Waals surface area contributed by atoms with E-state index in [2.05, 4.69) is 26.1 Å². The minimum absolute atomic E-state index is 0.0920. The smallest absolute Gasteiger partial charge is 0.230 e. The molecular formula is C49H97NO2S2. The summed E-state index contributed by atoms with van der Waals surface area (Å²) in [5.74, 6) is 1.70. The Labute approximate surface area is 350 Å². The van der Waals surface area contributed by atoms with Crippen LogP contribution in [-0.2, 0) is 9.53 Å². The summed E-state index contributed by atoms with van der Waals surface area (Å²) < 4.78 is 6.35. The molecule has 0 spiro atoms. The molecule has 54 heavy (non-hydrogen) atoms. The predicted octanol–water partition coefficient (Wildman–Crippen LogP) is 17.2. The third-order valence-corrected chi connectivity index (χ3v) is 12.6. The highest BCUT2D eigenvalue weighted by Gasteiger charge is 2.13. The lowest BCUT2D eigenvalue weighted by atomic mass is 10.0. The Morgan fingerprint density at radius 1 is 0.444 bits per heavy atom. The van der Waals surface area contributed by atoms with Crippen molar-refractivity contribution in [3.8, 4) is 0 Å². The number of carbonyl (C=O) groups excluding carboxylic acids is 1. The van der Waals surface area contributed by atoms with Crippen LogP contribution < -0.4 is 5.32 Å². The van der Waals surface area contributed by atoms with Gasteiger partial charge in [-0.3, -0.25) is 4.79 Å². The number of thiocarbonyl (C=S) groups is 1. The van der Waals surface area contributed by atoms with E-state index in [0.29, 0.717) is 17.3 Å². The normalized spacial score (nSPS) is 12.0. The number of rotatable bonds is 46. The minimum Gasteiger partial charge on any atom is -0.482 e. The summed E-state index contributed by atoms with van der Waals surface area (Å²) in [5, 5.41) is 3.62. The van der Waals surface area contributed by atoms with Crippen LogP contribution in [0.4, 0.5) is 0 Å². The maximum absolute atomic E-state index is 12.5. The van der Waals surface area contributed by atoms with Crippen molar-refractivity contribution in [2.24, 2.45) is 0 Å². The standard InChI is InChI=1S/C49H97NO2S2/c1-4-7-10-13-16-19-22-25-26-28-31-34-37-40-43-47(42-39-36-33-30-27-23-20-17-14-11-8-5-2)52-49(53)45-50-48(51)46-54-44-41-38-35-32-29-24-21-18-15-12-9-6-3/h47H,4-46H2,1-3H3,(H,50,51). The highest BCUT2D eigenvalue weighted by atomic mass is 32.2. The first-order valence-corrected chi connectivity index (χ1v) is 26.2. The lowest BCUT2D eigenvalue weighted by molar-refractivity contribution is -0.118. The van der Waals surface area contributed by atoms with Gasteiger partial charge in [0.15, 0.2) is 5.05 Å². The van der Waals surface area contributed by atoms with Crippen molar-refractivity contribution in [2.75, 3.05) is 18.1 Å². The number of hydrogen-bond donors (Lipinski definition) is 1. The topological polar surface area (TPSA) is 38.3 Å². The Kier molecular flexibility index (Phi) is 46.8. The van der Waals surface area contributed by atoms with Crippen LogP contribution in [0.5, 0.6) is 0 Å². The van der Waals surface area contributed by atoms with Crippen LogP contribution in [0.3, 0.4) is 0 Å². The van der Waals surface area contributed by atoms with Gasteiger partial charge in [-0.2, -0.15) is 11.8 Å². The van der Waals surface area contributed by atoms with Gasteiger partial charge in [0.25, 0.3) is 0 Å². The molecule has 0 bridgehead atoms. The number of unbranched alkanes of at least 4 members (excludes halogenated alkanes) is 35. The molecule has 322 valence electrons. The van der Waals surface area contributed by atoms with E-state index in [-0.39, 0.29) is 12.0 Å². The Balaban J connectivity index is 4.13. The summed E-state index contributed by atoms with van der Waals surface area (Å²) in [6.45, 7) is 7.26. The van der Waals surface area contributed by atoms with Crippen LogP contribution in [0.25, 0.3) is 0 Å². The summed E-state index contributed by atoms with van der Waals surface area (Å²) >= 11 is 7.41. The fraction of sp³-hybridized carbons (Fsp3) is 0.959. The highest BCUT2D eigenvalue weighted by Crippen LogP contribution is 2.19. The van der Waals surface area contributed by atoms with Crippen molar-refractivity contribution in [1.82, 2.24) is 5.32 Å². The van der Waals surface area contributed by atoms with Crippen LogP contribution in [0, 0.1) is 0 Å². The second-order valence-corrected chi connectivity index (χ2v) is 18.5. The van der Waals surface area contributed by atoms with Gasteiger partial charge in [-0.05, 0) is 50.1 Å². The van der Waals surface area contributed by atoms with E-state index in [9.17, 15) is 4.79 Å². The molecule has 0 radical (unpaired) electrons. The number of thioether (sulfide) groups is 1. The maximum Gasteiger partial charge on any atom is 0.230 e. The number of ether oxygens (including phenoxy) is 1. The molecule has 0 fully saturated rings. The molecule has 0 rings (SSSR count). The van der Waals surface area contributed by atoms with Crippen molar-refractivity contribution >= 4 is 34.9 Å². The third-order valence-electron chi connectivity index (χ3n) is 11.4. The van der Waals surface area contributed by atoms with Gasteiger partial charge in [0.05, 0.1) is 18.4 Å². The molecule has 1 N–H and O–H groups in total. The molecule has 5 heteroatoms. The van der Waals surface area contributed by atoms with E-state index in [4.69, 9.17) is 17.0 Å². The van der Waals surface area contributed by atoms with Gasteiger partial charge in [0.2, 0.25) is 5.91 Å². The molecule has 1 amide bonds. The molecule has 0 aromatic rings. The van der Waals surface area contributed by atoms with Crippen molar-refractivity contribution in [3.05, 3.63) is 0 Å². The Morgan fingerprint density at radius 2 is 0.722 bits per heavy atom. The van der Waals surface area contributed by atoms with Crippen LogP contribution >= 0.6 is 24.0 Å². The molecular weight excluding hydrogens is 699 g/mol. The van der Waals surface area contributed by atoms with Crippen molar-refractivity contribution in [3.63, 3.8) is 0 Å². The average Bonchev–Trinajstić information content (AvgIpc) is 3.17. The lowest BCUT2D eigenvalue weighted by Gasteiger charge is -2.20. The Bertz CT molecular complexity index is 747. The molecule has 0 aliphatic heterocycles. The van der Waals surface area contributed by atoms with Gasteiger partial charge in [-0.15, -0.1) is 0 Å². The van der Waals surface area contributed by atoms with Gasteiger partial charge in [0, 0.05) is 0 Å². The Hall–Kier alpha value is -0.290. The van der Waals surface area contributed by atoms with E-state index in [1.54, 1.807) is 11.8 Å². The van der Waals surface area contributed by atoms with E-state index in [1.165, 1.54) is 244 Å². The van der Waals surface area contributed by atoms with E-state index >= 15 is 0 Å². The van der Waals surface area contributed by atoms with Gasteiger partial charge in [-0.25, -0.2) is 0 Å². The SMILES string of the molecule is CCCCCCCCCCCCCCCCC(CCCCCCCCCCCCCC)OC(=S)CNC(=O)CSCCCCCCCCCCCCCC. The number of carbonyl (C=O) groups is 1. The zero-order valence-corrected chi connectivity index (χ0v) is 38.7. The molecule has 0 aliphatic rings. The third kappa shape index (κ3) is 44.4. The predicted molar refractivity (Wildman–Crippen MR) is 250 cm³/mol. The second-order valence-electron chi connectivity index (χ2n) is 16.9. The molecule has 0 saturated carbocycles. The van der Waals surface area contributed by atoms with Crippen LogP contribution in [0.15, 0.2) is 0 Å². The Morgan fingerprint density at radius 3 is 1.04 bits per heavy atom. The largest absolute Gasteiger partial charge is 0.482 e. The molecule has 0 aliphatic carbocycles. The fourth-order valence-corrected chi connectivity index (χ4v) is 8.75. The summed E-state index contributed by atoms with van der Waals surface area (Å²) in [5.41, 5.74) is 0. The number of amides is 1. The van der Waals surface area contributed by atoms with Gasteiger partial charge in [0.1, 0.15) is 0 Å². The van der Waals surface area contributed by atoms with Gasteiger partial charge >= 0.3 is 0 Å². The maximum atomic E-state index is 12.5. The summed E-state index contributed by atoms with van der Waals surface area (Å²) in [6.07, 6.45) is 54.8. The zero-order chi connectivity index (χ0) is 39.3. The van der Waals surface area contributed by atoms with E-state index in [1.807, 2.05) is 0 Å². The van der Waals surface area contributed by atoms with Crippen LogP contribution in [-0.4, -0.2) is 35.1 Å². The minimum atomic E-state index is 0.0920. The first-order valence-electron chi connectivity index (χ1n) is 24.7. The second kappa shape index (κ2) is 47.1. The number of nitrogens with one attached hydrogen (secondary N) is 1. The van der Waals surface area contributed by atoms with Crippen LogP contribution in [0.1, 0.15) is 278 Å². The summed E-state index contributed by atoms with van der Waals surface area (Å²) in [4.78, 5) is 12.5. The highest BCUT2D eigenvalue weighted by molar-refractivity contribution is 7.99. The molecule has 0 saturated heterocycles.